The van der Waals surface area contributed by atoms with E-state index in [0.717, 1.165) is 17.0 Å². The summed E-state index contributed by atoms with van der Waals surface area (Å²) in [6.07, 6.45) is 0. The van der Waals surface area contributed by atoms with Crippen molar-refractivity contribution in [1.29, 1.82) is 0 Å². The molecule has 2 aromatic rings. The summed E-state index contributed by atoms with van der Waals surface area (Å²) < 4.78 is 58.3. The van der Waals surface area contributed by atoms with Crippen LogP contribution in [-0.4, -0.2) is 49.1 Å². The predicted octanol–water partition coefficient (Wildman–Crippen LogP) is -0.254. The number of benzene rings is 1. The smallest absolute Gasteiger partial charge is 0.271 e. The summed E-state index contributed by atoms with van der Waals surface area (Å²) in [4.78, 5) is 0.601. The highest BCUT2D eigenvalue weighted by Gasteiger charge is 2.32. The summed E-state index contributed by atoms with van der Waals surface area (Å²) in [5, 5.41) is 7.67. The van der Waals surface area contributed by atoms with Gasteiger partial charge in [-0.2, -0.15) is 4.31 Å². The Morgan fingerprint density at radius 3 is 2.54 bits per heavy atom. The number of sulfonamides is 1. The normalized spacial score (nSPS) is 17.3. The van der Waals surface area contributed by atoms with Gasteiger partial charge in [0.25, 0.3) is 5.89 Å². The lowest BCUT2D eigenvalue weighted by atomic mass is 10.3. The number of hydrogen-bond donors (Lipinski definition) is 1. The number of nitrogens with one attached hydrogen (secondary N) is 1. The van der Waals surface area contributed by atoms with Crippen LogP contribution in [0, 0.1) is 18.6 Å². The first-order valence-corrected chi connectivity index (χ1v) is 8.88. The van der Waals surface area contributed by atoms with Crippen LogP contribution < -0.4 is 4.90 Å². The molecule has 0 unspecified atom stereocenters. The lowest BCUT2D eigenvalue weighted by Crippen LogP contribution is -3.13. The zero-order valence-electron chi connectivity index (χ0n) is 13.0. The lowest BCUT2D eigenvalue weighted by Gasteiger charge is -2.30. The molecule has 0 atom stereocenters. The summed E-state index contributed by atoms with van der Waals surface area (Å²) in [5.41, 5.74) is 0. The maximum Gasteiger partial charge on any atom is 0.271 e. The van der Waals surface area contributed by atoms with Crippen molar-refractivity contribution in [3.05, 3.63) is 41.6 Å². The second-order valence-electron chi connectivity index (χ2n) is 5.62. The summed E-state index contributed by atoms with van der Waals surface area (Å²) >= 11 is 0. The number of nitrogens with zero attached hydrogens (tertiary/aromatic N) is 3. The van der Waals surface area contributed by atoms with Gasteiger partial charge in [0.05, 0.1) is 26.2 Å². The van der Waals surface area contributed by atoms with E-state index in [1.54, 1.807) is 6.92 Å². The molecule has 7 nitrogen and oxygen atoms in total. The van der Waals surface area contributed by atoms with Crippen LogP contribution >= 0.6 is 0 Å². The van der Waals surface area contributed by atoms with Gasteiger partial charge in [0.1, 0.15) is 16.5 Å². The molecule has 2 heterocycles. The van der Waals surface area contributed by atoms with Crippen LogP contribution in [-0.2, 0) is 16.6 Å². The first kappa shape index (κ1) is 16.9. The van der Waals surface area contributed by atoms with Crippen molar-refractivity contribution in [3.8, 4) is 0 Å². The Balaban J connectivity index is 1.67. The molecular formula is C14H17F2N4O3S+. The van der Waals surface area contributed by atoms with Gasteiger partial charge >= 0.3 is 0 Å². The Hall–Kier alpha value is -1.91. The molecule has 0 spiro atoms. The minimum absolute atomic E-state index is 0.238. The Bertz CT molecular complexity index is 832. The molecule has 1 N–H and O–H groups in total. The summed E-state index contributed by atoms with van der Waals surface area (Å²) in [5.74, 6) is -0.900. The summed E-state index contributed by atoms with van der Waals surface area (Å²) in [7, 11) is -3.97. The van der Waals surface area contributed by atoms with E-state index < -0.39 is 26.6 Å². The van der Waals surface area contributed by atoms with Crippen LogP contribution in [0.3, 0.4) is 0 Å². The van der Waals surface area contributed by atoms with Gasteiger partial charge in [0.2, 0.25) is 15.9 Å². The maximum atomic E-state index is 13.8. The van der Waals surface area contributed by atoms with Crippen LogP contribution in [0.4, 0.5) is 8.78 Å². The molecule has 0 amide bonds. The molecule has 1 aliphatic rings. The highest BCUT2D eigenvalue weighted by atomic mass is 32.2. The van der Waals surface area contributed by atoms with Gasteiger partial charge in [-0.05, 0) is 12.1 Å². The van der Waals surface area contributed by atoms with Crippen molar-refractivity contribution < 1.29 is 26.5 Å². The van der Waals surface area contributed by atoms with Gasteiger partial charge in [0, 0.05) is 13.0 Å². The number of hydrogen-bond acceptors (Lipinski definition) is 5. The van der Waals surface area contributed by atoms with Crippen LogP contribution in [0.1, 0.15) is 11.8 Å². The SMILES string of the molecule is Cc1nnc(C[NH+]2CCN(S(=O)(=O)c3ccc(F)cc3F)CC2)o1. The minimum atomic E-state index is -3.97. The predicted molar refractivity (Wildman–Crippen MR) is 78.6 cm³/mol. The standard InChI is InChI=1S/C14H16F2N4O3S/c1-10-17-18-14(23-10)9-19-4-6-20(7-5-19)24(21,22)13-3-2-11(15)8-12(13)16/h2-3,8H,4-7,9H2,1H3/p+1. The van der Waals surface area contributed by atoms with E-state index in [2.05, 4.69) is 10.2 Å². The minimum Gasteiger partial charge on any atom is -0.420 e. The van der Waals surface area contributed by atoms with E-state index in [0.29, 0.717) is 37.5 Å². The van der Waals surface area contributed by atoms with Crippen LogP contribution in [0.15, 0.2) is 27.5 Å². The molecule has 0 aliphatic carbocycles. The Morgan fingerprint density at radius 1 is 1.25 bits per heavy atom. The van der Waals surface area contributed by atoms with Crippen LogP contribution in [0.5, 0.6) is 0 Å². The molecule has 1 aromatic heterocycles. The fourth-order valence-corrected chi connectivity index (χ4v) is 4.15. The van der Waals surface area contributed by atoms with Crippen molar-refractivity contribution in [2.75, 3.05) is 26.2 Å². The zero-order valence-corrected chi connectivity index (χ0v) is 13.8. The summed E-state index contributed by atoms with van der Waals surface area (Å²) in [6, 6.07) is 2.47. The Labute approximate surface area is 137 Å². The molecule has 1 fully saturated rings. The monoisotopic (exact) mass is 359 g/mol. The molecule has 130 valence electrons. The zero-order chi connectivity index (χ0) is 17.3. The third kappa shape index (κ3) is 3.45. The molecule has 1 aromatic carbocycles. The molecule has 24 heavy (non-hydrogen) atoms. The number of aryl methyl sites for hydroxylation is 1. The van der Waals surface area contributed by atoms with Gasteiger partial charge in [-0.1, -0.05) is 0 Å². The Kier molecular flexibility index (Phi) is 4.61. The van der Waals surface area contributed by atoms with Crippen molar-refractivity contribution in [3.63, 3.8) is 0 Å². The molecule has 0 saturated carbocycles. The van der Waals surface area contributed by atoms with E-state index in [1.165, 1.54) is 4.31 Å². The van der Waals surface area contributed by atoms with Crippen molar-refractivity contribution >= 4 is 10.0 Å². The van der Waals surface area contributed by atoms with E-state index in [9.17, 15) is 17.2 Å². The molecule has 0 radical (unpaired) electrons. The average Bonchev–Trinajstić information content (AvgIpc) is 2.92. The number of rotatable bonds is 4. The number of halogens is 2. The maximum absolute atomic E-state index is 13.8. The van der Waals surface area contributed by atoms with Crippen molar-refractivity contribution in [2.24, 2.45) is 0 Å². The highest BCUT2D eigenvalue weighted by molar-refractivity contribution is 7.89. The van der Waals surface area contributed by atoms with Crippen molar-refractivity contribution in [1.82, 2.24) is 14.5 Å². The molecule has 0 bridgehead atoms. The fraction of sp³-hybridized carbons (Fsp3) is 0.429. The van der Waals surface area contributed by atoms with Gasteiger partial charge in [0.15, 0.2) is 6.54 Å². The van der Waals surface area contributed by atoms with E-state index in [1.807, 2.05) is 0 Å². The van der Waals surface area contributed by atoms with Gasteiger partial charge < -0.3 is 9.32 Å². The molecule has 1 saturated heterocycles. The summed E-state index contributed by atoms with van der Waals surface area (Å²) in [6.45, 7) is 3.75. The third-order valence-corrected chi connectivity index (χ3v) is 5.84. The van der Waals surface area contributed by atoms with Crippen LogP contribution in [0.25, 0.3) is 0 Å². The van der Waals surface area contributed by atoms with E-state index in [-0.39, 0.29) is 13.1 Å². The fourth-order valence-electron chi connectivity index (χ4n) is 2.67. The topological polar surface area (TPSA) is 80.7 Å². The van der Waals surface area contributed by atoms with Gasteiger partial charge in [-0.25, -0.2) is 17.2 Å². The van der Waals surface area contributed by atoms with E-state index in [4.69, 9.17) is 4.42 Å². The first-order chi connectivity index (χ1) is 11.4. The molecule has 1 aliphatic heterocycles. The molecular weight excluding hydrogens is 342 g/mol. The molecule has 10 heteroatoms. The first-order valence-electron chi connectivity index (χ1n) is 7.44. The van der Waals surface area contributed by atoms with Gasteiger partial charge in [-0.3, -0.25) is 0 Å². The quantitative estimate of drug-likeness (QED) is 0.814. The largest absolute Gasteiger partial charge is 0.420 e. The third-order valence-electron chi connectivity index (χ3n) is 3.91. The van der Waals surface area contributed by atoms with Gasteiger partial charge in [-0.15, -0.1) is 10.2 Å². The second-order valence-corrected chi connectivity index (χ2v) is 7.53. The number of quaternary nitrogens is 1. The van der Waals surface area contributed by atoms with E-state index >= 15 is 0 Å². The second kappa shape index (κ2) is 6.54. The van der Waals surface area contributed by atoms with Crippen molar-refractivity contribution in [2.45, 2.75) is 18.4 Å². The average molecular weight is 359 g/mol. The highest BCUT2D eigenvalue weighted by Crippen LogP contribution is 2.20. The lowest BCUT2D eigenvalue weighted by molar-refractivity contribution is -0.918. The number of piperazine rings is 1. The number of aromatic nitrogens is 2. The molecule has 3 rings (SSSR count). The van der Waals surface area contributed by atoms with Crippen LogP contribution in [0.2, 0.25) is 0 Å². The Morgan fingerprint density at radius 2 is 1.96 bits per heavy atom.